The molecular weight excluding hydrogens is 338 g/mol. The monoisotopic (exact) mass is 373 g/mol. The number of benzene rings is 1. The van der Waals surface area contributed by atoms with Gasteiger partial charge in [0, 0.05) is 37.8 Å². The second-order valence-electron chi connectivity index (χ2n) is 6.90. The van der Waals surface area contributed by atoms with Crippen LogP contribution < -0.4 is 16.0 Å². The van der Waals surface area contributed by atoms with Crippen molar-refractivity contribution >= 4 is 11.9 Å². The Morgan fingerprint density at radius 3 is 2.63 bits per heavy atom. The van der Waals surface area contributed by atoms with Crippen molar-refractivity contribution in [1.82, 2.24) is 20.9 Å². The van der Waals surface area contributed by atoms with Gasteiger partial charge < -0.3 is 16.0 Å². The van der Waals surface area contributed by atoms with Gasteiger partial charge in [-0.15, -0.1) is 0 Å². The van der Waals surface area contributed by atoms with Crippen molar-refractivity contribution in [3.8, 4) is 0 Å². The molecule has 1 aromatic carbocycles. The Morgan fingerprint density at radius 1 is 1.11 bits per heavy atom. The van der Waals surface area contributed by atoms with E-state index >= 15 is 0 Å². The molecule has 1 atom stereocenters. The topological polar surface area (TPSA) is 68.8 Å². The van der Waals surface area contributed by atoms with Gasteiger partial charge in [0.1, 0.15) is 0 Å². The molecule has 27 heavy (non-hydrogen) atoms. The summed E-state index contributed by atoms with van der Waals surface area (Å²) in [5, 5.41) is 9.49. The molecule has 0 radical (unpaired) electrons. The predicted octanol–water partition coefficient (Wildman–Crippen LogP) is 2.24. The molecule has 0 aliphatic carbocycles. The summed E-state index contributed by atoms with van der Waals surface area (Å²) in [4.78, 5) is 19.3. The van der Waals surface area contributed by atoms with E-state index in [9.17, 15) is 4.79 Å². The molecule has 6 heteroatoms. The van der Waals surface area contributed by atoms with E-state index in [0.29, 0.717) is 18.7 Å². The zero-order chi connectivity index (χ0) is 19.3. The summed E-state index contributed by atoms with van der Waals surface area (Å²) in [6.07, 6.45) is 5.21. The predicted molar refractivity (Wildman–Crippen MR) is 112 cm³/mol. The van der Waals surface area contributed by atoms with Crippen LogP contribution >= 0.6 is 0 Å². The van der Waals surface area contributed by atoms with Gasteiger partial charge in [-0.05, 0) is 44.9 Å². The van der Waals surface area contributed by atoms with Crippen molar-refractivity contribution in [1.29, 1.82) is 0 Å². The normalized spacial score (nSPS) is 18.1. The van der Waals surface area contributed by atoms with E-state index in [4.69, 9.17) is 4.99 Å². The number of aliphatic imine (C=N–C) groups is 1. The van der Waals surface area contributed by atoms with Gasteiger partial charge in [0.15, 0.2) is 5.96 Å². The van der Waals surface area contributed by atoms with Crippen molar-refractivity contribution < 1.29 is 4.79 Å². The van der Waals surface area contributed by atoms with E-state index in [-0.39, 0.29) is 5.91 Å². The second kappa shape index (κ2) is 12.3. The lowest BCUT2D eigenvalue weighted by molar-refractivity contribution is 0.0954. The lowest BCUT2D eigenvalue weighted by atomic mass is 10.0. The largest absolute Gasteiger partial charge is 0.357 e. The number of guanidine groups is 1. The quantitative estimate of drug-likeness (QED) is 0.353. The van der Waals surface area contributed by atoms with Crippen LogP contribution in [0.2, 0.25) is 0 Å². The first-order valence-corrected chi connectivity index (χ1v) is 10.3. The Balaban J connectivity index is 1.70. The molecule has 3 N–H and O–H groups in total. The second-order valence-corrected chi connectivity index (χ2v) is 6.90. The van der Waals surface area contributed by atoms with Crippen molar-refractivity contribution in [2.45, 2.75) is 45.6 Å². The van der Waals surface area contributed by atoms with Crippen LogP contribution in [0.3, 0.4) is 0 Å². The van der Waals surface area contributed by atoms with Gasteiger partial charge in [0.25, 0.3) is 5.91 Å². The third-order valence-electron chi connectivity index (χ3n) is 4.96. The Bertz CT molecular complexity index is 575. The van der Waals surface area contributed by atoms with Crippen LogP contribution in [0.25, 0.3) is 0 Å². The Labute approximate surface area is 163 Å². The number of piperidine rings is 1. The van der Waals surface area contributed by atoms with E-state index in [2.05, 4.69) is 34.7 Å². The zero-order valence-corrected chi connectivity index (χ0v) is 16.8. The van der Waals surface area contributed by atoms with Gasteiger partial charge in [-0.3, -0.25) is 14.7 Å². The summed E-state index contributed by atoms with van der Waals surface area (Å²) in [5.74, 6) is 0.770. The summed E-state index contributed by atoms with van der Waals surface area (Å²) in [7, 11) is 0. The minimum Gasteiger partial charge on any atom is -0.357 e. The highest BCUT2D eigenvalue weighted by atomic mass is 16.1. The van der Waals surface area contributed by atoms with Crippen LogP contribution in [-0.4, -0.2) is 62.1 Å². The molecule has 0 spiro atoms. The Morgan fingerprint density at radius 2 is 1.89 bits per heavy atom. The smallest absolute Gasteiger partial charge is 0.251 e. The van der Waals surface area contributed by atoms with Crippen LogP contribution in [0, 0.1) is 0 Å². The molecule has 1 aliphatic heterocycles. The fraction of sp³-hybridized carbons (Fsp3) is 0.619. The number of carbonyl (C=O) groups excluding carboxylic acids is 1. The van der Waals surface area contributed by atoms with Gasteiger partial charge in [0.2, 0.25) is 0 Å². The number of hydrogen-bond donors (Lipinski definition) is 3. The number of rotatable bonds is 9. The summed E-state index contributed by atoms with van der Waals surface area (Å²) in [6, 6.07) is 10.0. The van der Waals surface area contributed by atoms with Gasteiger partial charge in [0.05, 0.1) is 6.54 Å². The first-order chi connectivity index (χ1) is 13.2. The number of carbonyl (C=O) groups is 1. The molecule has 0 bridgehead atoms. The zero-order valence-electron chi connectivity index (χ0n) is 16.8. The van der Waals surface area contributed by atoms with Crippen LogP contribution in [0.4, 0.5) is 0 Å². The third kappa shape index (κ3) is 7.59. The van der Waals surface area contributed by atoms with Crippen LogP contribution in [-0.2, 0) is 0 Å². The van der Waals surface area contributed by atoms with Gasteiger partial charge in [-0.25, -0.2) is 0 Å². The van der Waals surface area contributed by atoms with E-state index in [1.54, 1.807) is 0 Å². The third-order valence-corrected chi connectivity index (χ3v) is 4.96. The molecule has 0 saturated carbocycles. The maximum absolute atomic E-state index is 12.0. The summed E-state index contributed by atoms with van der Waals surface area (Å²) < 4.78 is 0. The average molecular weight is 374 g/mol. The van der Waals surface area contributed by atoms with Crippen molar-refractivity contribution in [2.24, 2.45) is 4.99 Å². The van der Waals surface area contributed by atoms with Gasteiger partial charge in [-0.2, -0.15) is 0 Å². The highest BCUT2D eigenvalue weighted by molar-refractivity contribution is 5.94. The van der Waals surface area contributed by atoms with Crippen LogP contribution in [0.15, 0.2) is 35.3 Å². The maximum atomic E-state index is 12.0. The molecule has 0 aromatic heterocycles. The summed E-state index contributed by atoms with van der Waals surface area (Å²) >= 11 is 0. The fourth-order valence-electron chi connectivity index (χ4n) is 3.50. The summed E-state index contributed by atoms with van der Waals surface area (Å²) in [6.45, 7) is 9.37. The number of likely N-dealkylation sites (tertiary alicyclic amines) is 1. The molecule has 6 nitrogen and oxygen atoms in total. The molecular formula is C21H35N5O. The standard InChI is InChI=1S/C21H35N5O/c1-3-19-12-8-9-16-26(19)17-15-25-21(22-4-2)24-14-13-23-20(27)18-10-6-5-7-11-18/h5-7,10-11,19H,3-4,8-9,12-17H2,1-2H3,(H,23,27)(H2,22,24,25). The lowest BCUT2D eigenvalue weighted by Gasteiger charge is -2.34. The number of amides is 1. The van der Waals surface area contributed by atoms with Gasteiger partial charge in [-0.1, -0.05) is 31.5 Å². The molecule has 1 heterocycles. The molecule has 150 valence electrons. The van der Waals surface area contributed by atoms with Crippen molar-refractivity contribution in [2.75, 3.05) is 39.3 Å². The number of nitrogens with one attached hydrogen (secondary N) is 3. The number of nitrogens with zero attached hydrogens (tertiary/aromatic N) is 2. The molecule has 1 saturated heterocycles. The first kappa shape index (κ1) is 21.2. The fourth-order valence-corrected chi connectivity index (χ4v) is 3.50. The molecule has 1 unspecified atom stereocenters. The van der Waals surface area contributed by atoms with E-state index in [1.807, 2.05) is 30.3 Å². The molecule has 2 rings (SSSR count). The minimum absolute atomic E-state index is 0.0463. The molecule has 1 aliphatic rings. The van der Waals surface area contributed by atoms with Crippen LogP contribution in [0.1, 0.15) is 49.9 Å². The average Bonchev–Trinajstić information content (AvgIpc) is 2.72. The Hall–Kier alpha value is -2.08. The highest BCUT2D eigenvalue weighted by Crippen LogP contribution is 2.18. The van der Waals surface area contributed by atoms with Crippen molar-refractivity contribution in [3.63, 3.8) is 0 Å². The minimum atomic E-state index is -0.0463. The molecule has 1 amide bonds. The van der Waals surface area contributed by atoms with E-state index < -0.39 is 0 Å². The first-order valence-electron chi connectivity index (χ1n) is 10.3. The SMILES string of the molecule is CCNC(=NCCN1CCCCC1CC)NCCNC(=O)c1ccccc1. The lowest BCUT2D eigenvalue weighted by Crippen LogP contribution is -2.43. The van der Waals surface area contributed by atoms with Crippen molar-refractivity contribution in [3.05, 3.63) is 35.9 Å². The van der Waals surface area contributed by atoms with Crippen LogP contribution in [0.5, 0.6) is 0 Å². The highest BCUT2D eigenvalue weighted by Gasteiger charge is 2.19. The maximum Gasteiger partial charge on any atom is 0.251 e. The summed E-state index contributed by atoms with van der Waals surface area (Å²) in [5.41, 5.74) is 0.685. The molecule has 1 aromatic rings. The Kier molecular flexibility index (Phi) is 9.69. The van der Waals surface area contributed by atoms with E-state index in [1.165, 1.54) is 32.2 Å². The number of hydrogen-bond acceptors (Lipinski definition) is 3. The van der Waals surface area contributed by atoms with E-state index in [0.717, 1.165) is 31.6 Å². The molecule has 1 fully saturated rings. The van der Waals surface area contributed by atoms with Gasteiger partial charge >= 0.3 is 0 Å².